The van der Waals surface area contributed by atoms with Crippen molar-refractivity contribution in [1.82, 2.24) is 9.66 Å². The largest absolute Gasteiger partial charge is 0.490 e. The van der Waals surface area contributed by atoms with E-state index in [1.54, 1.807) is 42.6 Å². The predicted octanol–water partition coefficient (Wildman–Crippen LogP) is 6.01. The maximum atomic E-state index is 13.3. The van der Waals surface area contributed by atoms with Gasteiger partial charge >= 0.3 is 5.97 Å². The molecule has 1 heterocycles. The molecule has 0 unspecified atom stereocenters. The van der Waals surface area contributed by atoms with Gasteiger partial charge in [-0.2, -0.15) is 9.78 Å². The van der Waals surface area contributed by atoms with Crippen LogP contribution in [0.15, 0.2) is 81.6 Å². The molecule has 0 aliphatic heterocycles. The number of carbonyl (C=O) groups is 1. The third-order valence-corrected chi connectivity index (χ3v) is 6.41. The van der Waals surface area contributed by atoms with Gasteiger partial charge in [-0.1, -0.05) is 41.1 Å². The van der Waals surface area contributed by atoms with E-state index in [0.29, 0.717) is 47.7 Å². The predicted molar refractivity (Wildman–Crippen MR) is 155 cm³/mol. The Kier molecular flexibility index (Phi) is 8.93. The van der Waals surface area contributed by atoms with E-state index in [0.717, 1.165) is 21.2 Å². The number of carboxylic acid groups (broad SMARTS) is 1. The first-order chi connectivity index (χ1) is 18.8. The van der Waals surface area contributed by atoms with E-state index < -0.39 is 5.97 Å². The van der Waals surface area contributed by atoms with Gasteiger partial charge in [0, 0.05) is 16.5 Å². The molecule has 4 aromatic rings. The van der Waals surface area contributed by atoms with Gasteiger partial charge in [0.2, 0.25) is 0 Å². The number of ether oxygens (including phenoxy) is 2. The number of halogens is 1. The number of nitrogens with zero attached hydrogens (tertiary/aromatic N) is 3. The molecule has 39 heavy (non-hydrogen) atoms. The van der Waals surface area contributed by atoms with Crippen molar-refractivity contribution in [3.63, 3.8) is 0 Å². The number of benzene rings is 3. The average molecular weight is 590 g/mol. The molecular formula is C30H28BrN3O5. The van der Waals surface area contributed by atoms with Crippen molar-refractivity contribution in [3.8, 4) is 11.5 Å². The van der Waals surface area contributed by atoms with Crippen LogP contribution < -0.4 is 15.0 Å². The Balaban J connectivity index is 1.70. The standard InChI is InChI=1S/C30H28BrN3O5/c1-4-7-22-14-20(17-32-34-27(5-2)33-25-13-12-23(31)16-24(25)29(34)35)15-26(38-6-3)28(22)39-18-19-8-10-21(11-9-19)30(36)37/h4,8-17H,1,5-7,18H2,2-3H3,(H,36,37). The maximum Gasteiger partial charge on any atom is 0.335 e. The molecule has 1 N–H and O–H groups in total. The molecule has 0 saturated carbocycles. The topological polar surface area (TPSA) is 103 Å². The molecule has 9 heteroatoms. The van der Waals surface area contributed by atoms with E-state index >= 15 is 0 Å². The summed E-state index contributed by atoms with van der Waals surface area (Å²) in [6.45, 7) is 8.32. The molecule has 0 atom stereocenters. The van der Waals surface area contributed by atoms with Crippen molar-refractivity contribution in [3.05, 3.63) is 110 Å². The molecule has 1 aromatic heterocycles. The van der Waals surface area contributed by atoms with E-state index in [1.165, 1.54) is 4.68 Å². The van der Waals surface area contributed by atoms with Gasteiger partial charge in [-0.25, -0.2) is 9.78 Å². The lowest BCUT2D eigenvalue weighted by atomic mass is 10.1. The zero-order chi connectivity index (χ0) is 27.9. The van der Waals surface area contributed by atoms with Crippen LogP contribution in [0.25, 0.3) is 10.9 Å². The minimum Gasteiger partial charge on any atom is -0.490 e. The normalized spacial score (nSPS) is 11.2. The van der Waals surface area contributed by atoms with Gasteiger partial charge < -0.3 is 14.6 Å². The quantitative estimate of drug-likeness (QED) is 0.170. The Hall–Kier alpha value is -4.24. The number of aromatic carboxylic acids is 1. The molecule has 0 radical (unpaired) electrons. The highest BCUT2D eigenvalue weighted by Gasteiger charge is 2.15. The van der Waals surface area contributed by atoms with Crippen LogP contribution in [0.1, 0.15) is 46.7 Å². The minimum absolute atomic E-state index is 0.212. The molecule has 0 saturated heterocycles. The van der Waals surface area contributed by atoms with E-state index in [1.807, 2.05) is 38.1 Å². The summed E-state index contributed by atoms with van der Waals surface area (Å²) < 4.78 is 14.2. The third-order valence-electron chi connectivity index (χ3n) is 5.92. The Bertz CT molecular complexity index is 1610. The zero-order valence-electron chi connectivity index (χ0n) is 21.7. The van der Waals surface area contributed by atoms with Gasteiger partial charge in [-0.05, 0) is 66.9 Å². The molecule has 200 valence electrons. The molecule has 4 rings (SSSR count). The molecule has 0 bridgehead atoms. The highest BCUT2D eigenvalue weighted by atomic mass is 79.9. The van der Waals surface area contributed by atoms with Crippen LogP contribution in [0.5, 0.6) is 11.5 Å². The first-order valence-electron chi connectivity index (χ1n) is 12.5. The molecular weight excluding hydrogens is 562 g/mol. The van der Waals surface area contributed by atoms with Crippen LogP contribution in [-0.4, -0.2) is 33.6 Å². The van der Waals surface area contributed by atoms with Crippen molar-refractivity contribution in [1.29, 1.82) is 0 Å². The van der Waals surface area contributed by atoms with Crippen LogP contribution in [0.4, 0.5) is 0 Å². The van der Waals surface area contributed by atoms with Crippen molar-refractivity contribution in [2.45, 2.75) is 33.3 Å². The van der Waals surface area contributed by atoms with E-state index in [9.17, 15) is 9.59 Å². The highest BCUT2D eigenvalue weighted by molar-refractivity contribution is 9.10. The van der Waals surface area contributed by atoms with Crippen LogP contribution >= 0.6 is 15.9 Å². The summed E-state index contributed by atoms with van der Waals surface area (Å²) in [6.07, 6.45) is 4.42. The lowest BCUT2D eigenvalue weighted by Gasteiger charge is -2.17. The first kappa shape index (κ1) is 27.8. The van der Waals surface area contributed by atoms with Crippen molar-refractivity contribution < 1.29 is 19.4 Å². The highest BCUT2D eigenvalue weighted by Crippen LogP contribution is 2.34. The summed E-state index contributed by atoms with van der Waals surface area (Å²) in [5, 5.41) is 14.1. The van der Waals surface area contributed by atoms with Gasteiger partial charge in [0.05, 0.1) is 29.3 Å². The van der Waals surface area contributed by atoms with Gasteiger partial charge in [0.15, 0.2) is 11.5 Å². The molecule has 8 nitrogen and oxygen atoms in total. The lowest BCUT2D eigenvalue weighted by Crippen LogP contribution is -2.22. The Morgan fingerprint density at radius 2 is 1.90 bits per heavy atom. The molecule has 0 fully saturated rings. The smallest absolute Gasteiger partial charge is 0.335 e. The zero-order valence-corrected chi connectivity index (χ0v) is 23.3. The first-order valence-corrected chi connectivity index (χ1v) is 13.2. The van der Waals surface area contributed by atoms with Crippen LogP contribution in [0.2, 0.25) is 0 Å². The molecule has 3 aromatic carbocycles. The second-order valence-corrected chi connectivity index (χ2v) is 9.54. The lowest BCUT2D eigenvalue weighted by molar-refractivity contribution is 0.0697. The maximum absolute atomic E-state index is 13.3. The van der Waals surface area contributed by atoms with Crippen molar-refractivity contribution in [2.75, 3.05) is 6.61 Å². The third kappa shape index (κ3) is 6.43. The Morgan fingerprint density at radius 3 is 2.56 bits per heavy atom. The SMILES string of the molecule is C=CCc1cc(C=Nn2c(CC)nc3ccc(Br)cc3c2=O)cc(OCC)c1OCc1ccc(C(=O)O)cc1. The van der Waals surface area contributed by atoms with Crippen molar-refractivity contribution >= 4 is 39.0 Å². The van der Waals surface area contributed by atoms with Crippen LogP contribution in [0, 0.1) is 0 Å². The fourth-order valence-corrected chi connectivity index (χ4v) is 4.42. The number of aryl methyl sites for hydroxylation is 1. The number of aromatic nitrogens is 2. The number of rotatable bonds is 11. The molecule has 0 amide bonds. The van der Waals surface area contributed by atoms with Gasteiger partial charge in [-0.3, -0.25) is 4.79 Å². The van der Waals surface area contributed by atoms with Crippen LogP contribution in [0.3, 0.4) is 0 Å². The number of hydrogen-bond acceptors (Lipinski definition) is 6. The second-order valence-electron chi connectivity index (χ2n) is 8.63. The number of hydrogen-bond donors (Lipinski definition) is 1. The molecule has 0 aliphatic rings. The summed E-state index contributed by atoms with van der Waals surface area (Å²) in [4.78, 5) is 29.0. The Labute approximate surface area is 234 Å². The fraction of sp³-hybridized carbons (Fsp3) is 0.200. The van der Waals surface area contributed by atoms with Gasteiger partial charge in [0.25, 0.3) is 5.56 Å². The number of allylic oxidation sites excluding steroid dienone is 1. The van der Waals surface area contributed by atoms with E-state index in [4.69, 9.17) is 14.6 Å². The van der Waals surface area contributed by atoms with Gasteiger partial charge in [0.1, 0.15) is 12.4 Å². The number of fused-ring (bicyclic) bond motifs is 1. The average Bonchev–Trinajstić information content (AvgIpc) is 2.93. The summed E-state index contributed by atoms with van der Waals surface area (Å²) in [6, 6.07) is 15.7. The molecule has 0 aliphatic carbocycles. The summed E-state index contributed by atoms with van der Waals surface area (Å²) in [7, 11) is 0. The van der Waals surface area contributed by atoms with Gasteiger partial charge in [-0.15, -0.1) is 6.58 Å². The number of carboxylic acids is 1. The van der Waals surface area contributed by atoms with E-state index in [-0.39, 0.29) is 17.7 Å². The van der Waals surface area contributed by atoms with Crippen molar-refractivity contribution in [2.24, 2.45) is 5.10 Å². The summed E-state index contributed by atoms with van der Waals surface area (Å²) in [5.41, 5.74) is 2.96. The Morgan fingerprint density at radius 1 is 1.13 bits per heavy atom. The minimum atomic E-state index is -0.979. The van der Waals surface area contributed by atoms with Crippen LogP contribution in [-0.2, 0) is 19.4 Å². The monoisotopic (exact) mass is 589 g/mol. The fourth-order valence-electron chi connectivity index (χ4n) is 4.06. The second kappa shape index (κ2) is 12.5. The molecule has 0 spiro atoms. The summed E-state index contributed by atoms with van der Waals surface area (Å²) >= 11 is 3.42. The summed E-state index contributed by atoms with van der Waals surface area (Å²) in [5.74, 6) is 0.674. The van der Waals surface area contributed by atoms with E-state index in [2.05, 4.69) is 32.6 Å².